The summed E-state index contributed by atoms with van der Waals surface area (Å²) >= 11 is 0. The SMILES string of the molecule is Cc1cc(C(=O)NCc2cccc3ccccc23)ccc1[N+](=O)[O-]. The predicted molar refractivity (Wildman–Crippen MR) is 93.0 cm³/mol. The number of hydrogen-bond acceptors (Lipinski definition) is 3. The number of aryl methyl sites for hydroxylation is 1. The van der Waals surface area contributed by atoms with Crippen LogP contribution in [0.25, 0.3) is 10.8 Å². The fourth-order valence-corrected chi connectivity index (χ4v) is 2.73. The summed E-state index contributed by atoms with van der Waals surface area (Å²) in [6.45, 7) is 2.02. The Hall–Kier alpha value is -3.21. The third-order valence-corrected chi connectivity index (χ3v) is 3.98. The lowest BCUT2D eigenvalue weighted by Gasteiger charge is -2.09. The largest absolute Gasteiger partial charge is 0.348 e. The Morgan fingerprint density at radius 2 is 1.83 bits per heavy atom. The first-order valence-corrected chi connectivity index (χ1v) is 7.56. The standard InChI is InChI=1S/C19H16N2O3/c1-13-11-15(9-10-18(13)21(23)24)19(22)20-12-16-7-4-6-14-5-2-3-8-17(14)16/h2-11H,12H2,1H3,(H,20,22). The van der Waals surface area contributed by atoms with Gasteiger partial charge in [-0.2, -0.15) is 0 Å². The van der Waals surface area contributed by atoms with Gasteiger partial charge in [-0.05, 0) is 35.4 Å². The van der Waals surface area contributed by atoms with E-state index in [9.17, 15) is 14.9 Å². The van der Waals surface area contributed by atoms with Gasteiger partial charge in [0.25, 0.3) is 11.6 Å². The number of nitro benzene ring substituents is 1. The highest BCUT2D eigenvalue weighted by atomic mass is 16.6. The van der Waals surface area contributed by atoms with Crippen LogP contribution in [0.15, 0.2) is 60.7 Å². The second-order valence-electron chi connectivity index (χ2n) is 5.58. The maximum absolute atomic E-state index is 12.3. The first kappa shape index (κ1) is 15.7. The van der Waals surface area contributed by atoms with Crippen LogP contribution in [0.3, 0.4) is 0 Å². The monoisotopic (exact) mass is 320 g/mol. The minimum Gasteiger partial charge on any atom is -0.348 e. The molecule has 0 unspecified atom stereocenters. The summed E-state index contributed by atoms with van der Waals surface area (Å²) in [4.78, 5) is 22.7. The molecule has 1 N–H and O–H groups in total. The highest BCUT2D eigenvalue weighted by molar-refractivity contribution is 5.95. The molecule has 0 bridgehead atoms. The maximum atomic E-state index is 12.3. The number of amides is 1. The number of benzene rings is 3. The lowest BCUT2D eigenvalue weighted by Crippen LogP contribution is -2.23. The first-order chi connectivity index (χ1) is 11.6. The molecule has 0 atom stereocenters. The topological polar surface area (TPSA) is 72.2 Å². The molecule has 3 rings (SSSR count). The zero-order valence-electron chi connectivity index (χ0n) is 13.2. The fourth-order valence-electron chi connectivity index (χ4n) is 2.73. The van der Waals surface area contributed by atoms with Crippen molar-refractivity contribution in [2.45, 2.75) is 13.5 Å². The Morgan fingerprint density at radius 3 is 2.58 bits per heavy atom. The number of nitrogens with one attached hydrogen (secondary N) is 1. The van der Waals surface area contributed by atoms with Gasteiger partial charge in [-0.3, -0.25) is 14.9 Å². The Morgan fingerprint density at radius 1 is 1.08 bits per heavy atom. The number of nitro groups is 1. The van der Waals surface area contributed by atoms with Crippen molar-refractivity contribution in [1.29, 1.82) is 0 Å². The van der Waals surface area contributed by atoms with Gasteiger partial charge in [0.2, 0.25) is 0 Å². The van der Waals surface area contributed by atoms with Gasteiger partial charge in [0, 0.05) is 23.7 Å². The van der Waals surface area contributed by atoms with Crippen molar-refractivity contribution < 1.29 is 9.72 Å². The van der Waals surface area contributed by atoms with Gasteiger partial charge in [0.1, 0.15) is 0 Å². The predicted octanol–water partition coefficient (Wildman–Crippen LogP) is 3.99. The van der Waals surface area contributed by atoms with E-state index in [-0.39, 0.29) is 11.6 Å². The van der Waals surface area contributed by atoms with E-state index in [0.717, 1.165) is 16.3 Å². The molecule has 0 aliphatic carbocycles. The van der Waals surface area contributed by atoms with Crippen molar-refractivity contribution in [2.75, 3.05) is 0 Å². The average molecular weight is 320 g/mol. The molecule has 0 aliphatic rings. The third kappa shape index (κ3) is 3.10. The minimum atomic E-state index is -0.451. The summed E-state index contributed by atoms with van der Waals surface area (Å²) in [5, 5.41) is 15.9. The molecule has 0 aromatic heterocycles. The fraction of sp³-hybridized carbons (Fsp3) is 0.105. The van der Waals surface area contributed by atoms with Crippen molar-refractivity contribution in [2.24, 2.45) is 0 Å². The molecule has 3 aromatic carbocycles. The van der Waals surface area contributed by atoms with E-state index in [2.05, 4.69) is 5.32 Å². The van der Waals surface area contributed by atoms with Gasteiger partial charge in [0.05, 0.1) is 4.92 Å². The number of nitrogens with zero attached hydrogens (tertiary/aromatic N) is 1. The number of rotatable bonds is 4. The first-order valence-electron chi connectivity index (χ1n) is 7.56. The zero-order valence-corrected chi connectivity index (χ0v) is 13.2. The summed E-state index contributed by atoms with van der Waals surface area (Å²) in [6, 6.07) is 18.3. The normalized spacial score (nSPS) is 10.5. The summed E-state index contributed by atoms with van der Waals surface area (Å²) in [6.07, 6.45) is 0. The summed E-state index contributed by atoms with van der Waals surface area (Å²) in [5.41, 5.74) is 1.93. The highest BCUT2D eigenvalue weighted by Crippen LogP contribution is 2.20. The third-order valence-electron chi connectivity index (χ3n) is 3.98. The number of carbonyl (C=O) groups is 1. The van der Waals surface area contributed by atoms with Crippen LogP contribution in [0, 0.1) is 17.0 Å². The van der Waals surface area contributed by atoms with Gasteiger partial charge < -0.3 is 5.32 Å². The molecular weight excluding hydrogens is 304 g/mol. The molecule has 1 amide bonds. The molecule has 5 heteroatoms. The van der Waals surface area contributed by atoms with E-state index in [0.29, 0.717) is 17.7 Å². The van der Waals surface area contributed by atoms with E-state index >= 15 is 0 Å². The van der Waals surface area contributed by atoms with Crippen LogP contribution in [0.4, 0.5) is 5.69 Å². The lowest BCUT2D eigenvalue weighted by molar-refractivity contribution is -0.385. The van der Waals surface area contributed by atoms with E-state index in [1.165, 1.54) is 18.2 Å². The quantitative estimate of drug-likeness (QED) is 0.583. The van der Waals surface area contributed by atoms with Crippen LogP contribution in [-0.2, 0) is 6.54 Å². The Bertz CT molecular complexity index is 930. The molecule has 24 heavy (non-hydrogen) atoms. The van der Waals surface area contributed by atoms with Crippen molar-refractivity contribution in [3.63, 3.8) is 0 Å². The Kier molecular flexibility index (Phi) is 4.24. The van der Waals surface area contributed by atoms with E-state index < -0.39 is 4.92 Å². The van der Waals surface area contributed by atoms with E-state index in [4.69, 9.17) is 0 Å². The smallest absolute Gasteiger partial charge is 0.272 e. The molecular formula is C19H16N2O3. The second-order valence-corrected chi connectivity index (χ2v) is 5.58. The van der Waals surface area contributed by atoms with E-state index in [1.807, 2.05) is 42.5 Å². The maximum Gasteiger partial charge on any atom is 0.272 e. The average Bonchev–Trinajstić information content (AvgIpc) is 2.59. The lowest BCUT2D eigenvalue weighted by atomic mass is 10.0. The molecule has 0 aliphatic heterocycles. The minimum absolute atomic E-state index is 0.0144. The van der Waals surface area contributed by atoms with Crippen LogP contribution in [-0.4, -0.2) is 10.8 Å². The summed E-state index contributed by atoms with van der Waals surface area (Å²) < 4.78 is 0. The molecule has 5 nitrogen and oxygen atoms in total. The van der Waals surface area contributed by atoms with Crippen LogP contribution in [0.2, 0.25) is 0 Å². The number of carbonyl (C=O) groups excluding carboxylic acids is 1. The van der Waals surface area contributed by atoms with Crippen LogP contribution in [0.5, 0.6) is 0 Å². The van der Waals surface area contributed by atoms with Gasteiger partial charge >= 0.3 is 0 Å². The molecule has 0 heterocycles. The molecule has 3 aromatic rings. The van der Waals surface area contributed by atoms with Gasteiger partial charge in [-0.1, -0.05) is 42.5 Å². The van der Waals surface area contributed by atoms with Crippen molar-refractivity contribution in [3.05, 3.63) is 87.5 Å². The van der Waals surface area contributed by atoms with E-state index in [1.54, 1.807) is 6.92 Å². The molecule has 0 saturated carbocycles. The van der Waals surface area contributed by atoms with Gasteiger partial charge in [0.15, 0.2) is 0 Å². The Labute approximate surface area is 139 Å². The molecule has 0 saturated heterocycles. The van der Waals surface area contributed by atoms with Crippen molar-refractivity contribution in [1.82, 2.24) is 5.32 Å². The molecule has 120 valence electrons. The zero-order chi connectivity index (χ0) is 17.1. The molecule has 0 radical (unpaired) electrons. The van der Waals surface area contributed by atoms with Crippen LogP contribution >= 0.6 is 0 Å². The second kappa shape index (κ2) is 6.50. The van der Waals surface area contributed by atoms with Gasteiger partial charge in [-0.15, -0.1) is 0 Å². The van der Waals surface area contributed by atoms with Crippen LogP contribution < -0.4 is 5.32 Å². The number of hydrogen-bond donors (Lipinski definition) is 1. The summed E-state index contributed by atoms with van der Waals surface area (Å²) in [7, 11) is 0. The molecule has 0 fully saturated rings. The van der Waals surface area contributed by atoms with Crippen LogP contribution in [0.1, 0.15) is 21.5 Å². The number of fused-ring (bicyclic) bond motifs is 1. The van der Waals surface area contributed by atoms with Crippen molar-refractivity contribution >= 4 is 22.4 Å². The highest BCUT2D eigenvalue weighted by Gasteiger charge is 2.13. The van der Waals surface area contributed by atoms with Crippen molar-refractivity contribution in [3.8, 4) is 0 Å². The summed E-state index contributed by atoms with van der Waals surface area (Å²) in [5.74, 6) is -0.249. The van der Waals surface area contributed by atoms with Gasteiger partial charge in [-0.25, -0.2) is 0 Å². The Balaban J connectivity index is 1.78. The molecule has 0 spiro atoms.